The SMILES string of the molecule is CCOC(=O)C1=C(C)N=c2s/c(=C\c3ccc(OC)c(O)c3)c(=O)n2[C@@H]1c1ccccc1OC(C)C. The van der Waals surface area contributed by atoms with Crippen molar-refractivity contribution in [2.75, 3.05) is 13.7 Å². The highest BCUT2D eigenvalue weighted by Gasteiger charge is 2.35. The number of aromatic nitrogens is 1. The number of phenols is 1. The van der Waals surface area contributed by atoms with Gasteiger partial charge in [0, 0.05) is 5.56 Å². The Hall–Kier alpha value is -3.85. The van der Waals surface area contributed by atoms with Gasteiger partial charge in [-0.1, -0.05) is 35.6 Å². The number of allylic oxidation sites excluding steroid dienone is 1. The monoisotopic (exact) mass is 508 g/mol. The summed E-state index contributed by atoms with van der Waals surface area (Å²) in [5.41, 5.74) is 1.75. The Labute approximate surface area is 212 Å². The summed E-state index contributed by atoms with van der Waals surface area (Å²) < 4.78 is 18.4. The lowest BCUT2D eigenvalue weighted by Gasteiger charge is -2.26. The third-order valence-electron chi connectivity index (χ3n) is 5.59. The van der Waals surface area contributed by atoms with Gasteiger partial charge in [-0.3, -0.25) is 9.36 Å². The van der Waals surface area contributed by atoms with Crippen LogP contribution < -0.4 is 24.4 Å². The van der Waals surface area contributed by atoms with Gasteiger partial charge in [-0.05, 0) is 57.5 Å². The molecule has 0 spiro atoms. The molecule has 0 radical (unpaired) electrons. The Balaban J connectivity index is 1.96. The van der Waals surface area contributed by atoms with Crippen molar-refractivity contribution in [2.24, 2.45) is 4.99 Å². The predicted molar refractivity (Wildman–Crippen MR) is 137 cm³/mol. The smallest absolute Gasteiger partial charge is 0.338 e. The number of thiazole rings is 1. The van der Waals surface area contributed by atoms with Crippen LogP contribution in [0.4, 0.5) is 0 Å². The Kier molecular flexibility index (Phi) is 7.30. The molecule has 0 fully saturated rings. The van der Waals surface area contributed by atoms with Crippen molar-refractivity contribution >= 4 is 23.4 Å². The van der Waals surface area contributed by atoms with E-state index in [1.165, 1.54) is 29.1 Å². The topological polar surface area (TPSA) is 99.4 Å². The summed E-state index contributed by atoms with van der Waals surface area (Å²) in [5.74, 6) is 0.350. The van der Waals surface area contributed by atoms with E-state index in [1.807, 2.05) is 38.1 Å². The van der Waals surface area contributed by atoms with Crippen LogP contribution >= 0.6 is 11.3 Å². The molecule has 0 saturated heterocycles. The van der Waals surface area contributed by atoms with Crippen LogP contribution in [0.2, 0.25) is 0 Å². The third-order valence-corrected chi connectivity index (χ3v) is 6.58. The van der Waals surface area contributed by atoms with Gasteiger partial charge in [-0.15, -0.1) is 0 Å². The molecule has 0 bridgehead atoms. The number of methoxy groups -OCH3 is 1. The summed E-state index contributed by atoms with van der Waals surface area (Å²) in [5, 5.41) is 10.2. The number of ether oxygens (including phenoxy) is 3. The molecule has 8 nitrogen and oxygen atoms in total. The van der Waals surface area contributed by atoms with Crippen molar-refractivity contribution in [1.29, 1.82) is 0 Å². The molecule has 0 aliphatic carbocycles. The van der Waals surface area contributed by atoms with Crippen LogP contribution in [0.15, 0.2) is 63.5 Å². The van der Waals surface area contributed by atoms with Gasteiger partial charge >= 0.3 is 5.97 Å². The number of fused-ring (bicyclic) bond motifs is 1. The highest BCUT2D eigenvalue weighted by molar-refractivity contribution is 7.07. The molecule has 1 N–H and O–H groups in total. The Morgan fingerprint density at radius 1 is 1.22 bits per heavy atom. The van der Waals surface area contributed by atoms with Gasteiger partial charge in [0.25, 0.3) is 5.56 Å². The van der Waals surface area contributed by atoms with Crippen molar-refractivity contribution in [3.05, 3.63) is 84.5 Å². The van der Waals surface area contributed by atoms with Crippen molar-refractivity contribution in [2.45, 2.75) is 39.8 Å². The number of para-hydroxylation sites is 1. The van der Waals surface area contributed by atoms with E-state index < -0.39 is 12.0 Å². The second kappa shape index (κ2) is 10.4. The molecule has 0 unspecified atom stereocenters. The van der Waals surface area contributed by atoms with E-state index in [9.17, 15) is 14.7 Å². The van der Waals surface area contributed by atoms with Gasteiger partial charge in [0.2, 0.25) is 0 Å². The average Bonchev–Trinajstić information content (AvgIpc) is 3.13. The van der Waals surface area contributed by atoms with E-state index in [-0.39, 0.29) is 29.6 Å². The highest BCUT2D eigenvalue weighted by Crippen LogP contribution is 2.36. The van der Waals surface area contributed by atoms with E-state index in [1.54, 1.807) is 32.1 Å². The number of hydrogen-bond donors (Lipinski definition) is 1. The second-order valence-electron chi connectivity index (χ2n) is 8.44. The van der Waals surface area contributed by atoms with E-state index >= 15 is 0 Å². The summed E-state index contributed by atoms with van der Waals surface area (Å²) in [6.07, 6.45) is 1.57. The first-order valence-corrected chi connectivity index (χ1v) is 12.4. The van der Waals surface area contributed by atoms with Crippen molar-refractivity contribution in [1.82, 2.24) is 4.57 Å². The second-order valence-corrected chi connectivity index (χ2v) is 9.45. The van der Waals surface area contributed by atoms with E-state index in [0.29, 0.717) is 37.7 Å². The van der Waals surface area contributed by atoms with Crippen molar-refractivity contribution < 1.29 is 24.1 Å². The number of carbonyl (C=O) groups excluding carboxylic acids is 1. The summed E-state index contributed by atoms with van der Waals surface area (Å²) in [6.45, 7) is 7.50. The molecular weight excluding hydrogens is 480 g/mol. The lowest BCUT2D eigenvalue weighted by atomic mass is 9.95. The minimum Gasteiger partial charge on any atom is -0.504 e. The fourth-order valence-electron chi connectivity index (χ4n) is 4.10. The highest BCUT2D eigenvalue weighted by atomic mass is 32.1. The Morgan fingerprint density at radius 2 is 1.97 bits per heavy atom. The third kappa shape index (κ3) is 4.79. The molecule has 4 rings (SSSR count). The maximum absolute atomic E-state index is 13.8. The molecule has 0 saturated carbocycles. The number of nitrogens with zero attached hydrogens (tertiary/aromatic N) is 2. The minimum atomic E-state index is -0.776. The first-order valence-electron chi connectivity index (χ1n) is 11.6. The van der Waals surface area contributed by atoms with Crippen LogP contribution in [0.25, 0.3) is 6.08 Å². The van der Waals surface area contributed by atoms with Gasteiger partial charge < -0.3 is 19.3 Å². The largest absolute Gasteiger partial charge is 0.504 e. The van der Waals surface area contributed by atoms with Gasteiger partial charge in [0.15, 0.2) is 16.3 Å². The molecule has 1 aliphatic rings. The Morgan fingerprint density at radius 3 is 2.64 bits per heavy atom. The normalized spacial score (nSPS) is 15.5. The van der Waals surface area contributed by atoms with Crippen molar-refractivity contribution in [3.63, 3.8) is 0 Å². The van der Waals surface area contributed by atoms with Gasteiger partial charge in [-0.2, -0.15) is 0 Å². The van der Waals surface area contributed by atoms with Crippen LogP contribution in [0.3, 0.4) is 0 Å². The summed E-state index contributed by atoms with van der Waals surface area (Å²) in [7, 11) is 1.47. The maximum atomic E-state index is 13.8. The van der Waals surface area contributed by atoms with Gasteiger partial charge in [0.05, 0.1) is 35.6 Å². The molecule has 1 atom stereocenters. The lowest BCUT2D eigenvalue weighted by molar-refractivity contribution is -0.139. The zero-order chi connectivity index (χ0) is 26.0. The molecule has 3 aromatic rings. The standard InChI is InChI=1S/C27H28N2O6S/c1-6-34-26(32)23-16(4)28-27-29(24(23)18-9-7-8-10-20(18)35-15(2)3)25(31)22(36-27)14-17-11-12-21(33-5)19(30)13-17/h7-15,24,30H,6H2,1-5H3/b22-14-/t24-/m1/s1. The molecule has 188 valence electrons. The number of benzene rings is 2. The van der Waals surface area contributed by atoms with Crippen molar-refractivity contribution in [3.8, 4) is 17.2 Å². The zero-order valence-electron chi connectivity index (χ0n) is 20.8. The molecule has 1 aromatic heterocycles. The quantitative estimate of drug-likeness (QED) is 0.492. The molecule has 36 heavy (non-hydrogen) atoms. The van der Waals surface area contributed by atoms with Crippen LogP contribution in [0, 0.1) is 0 Å². The lowest BCUT2D eigenvalue weighted by Crippen LogP contribution is -2.40. The van der Waals surface area contributed by atoms with Crippen LogP contribution in [0.5, 0.6) is 17.2 Å². The minimum absolute atomic E-state index is 0.0305. The number of aromatic hydroxyl groups is 1. The number of phenolic OH excluding ortho intramolecular Hbond substituents is 1. The van der Waals surface area contributed by atoms with Gasteiger partial charge in [0.1, 0.15) is 11.8 Å². The molecule has 2 aromatic carbocycles. The van der Waals surface area contributed by atoms with E-state index in [0.717, 1.165) is 0 Å². The summed E-state index contributed by atoms with van der Waals surface area (Å²) in [6, 6.07) is 11.5. The first kappa shape index (κ1) is 25.2. The number of esters is 1. The summed E-state index contributed by atoms with van der Waals surface area (Å²) >= 11 is 1.21. The molecule has 0 amide bonds. The van der Waals surface area contributed by atoms with Crippen LogP contribution in [-0.2, 0) is 9.53 Å². The zero-order valence-corrected chi connectivity index (χ0v) is 21.6. The predicted octanol–water partition coefficient (Wildman–Crippen LogP) is 3.30. The fourth-order valence-corrected chi connectivity index (χ4v) is 5.15. The molecule has 1 aliphatic heterocycles. The molecule has 9 heteroatoms. The summed E-state index contributed by atoms with van der Waals surface area (Å²) in [4.78, 5) is 31.9. The molecular formula is C27H28N2O6S. The number of rotatable bonds is 7. The van der Waals surface area contributed by atoms with Crippen LogP contribution in [0.1, 0.15) is 44.9 Å². The Bertz CT molecular complexity index is 1520. The van der Waals surface area contributed by atoms with E-state index in [2.05, 4.69) is 4.99 Å². The number of hydrogen-bond acceptors (Lipinski definition) is 8. The van der Waals surface area contributed by atoms with Gasteiger partial charge in [-0.25, -0.2) is 9.79 Å². The maximum Gasteiger partial charge on any atom is 0.338 e. The van der Waals surface area contributed by atoms with E-state index in [4.69, 9.17) is 14.2 Å². The number of carbonyl (C=O) groups is 1. The molecule has 2 heterocycles. The average molecular weight is 509 g/mol. The first-order chi connectivity index (χ1) is 17.2. The van der Waals surface area contributed by atoms with Crippen LogP contribution in [-0.4, -0.2) is 35.5 Å². The fraction of sp³-hybridized carbons (Fsp3) is 0.296.